The van der Waals surface area contributed by atoms with Crippen LogP contribution in [0.25, 0.3) is 11.0 Å². The van der Waals surface area contributed by atoms with Gasteiger partial charge in [-0.3, -0.25) is 4.79 Å². The average molecular weight is 351 g/mol. The van der Waals surface area contributed by atoms with E-state index in [2.05, 4.69) is 5.32 Å². The van der Waals surface area contributed by atoms with Gasteiger partial charge in [-0.1, -0.05) is 25.1 Å². The van der Waals surface area contributed by atoms with Crippen LogP contribution in [0.3, 0.4) is 0 Å². The zero-order chi connectivity index (χ0) is 18.5. The lowest BCUT2D eigenvalue weighted by atomic mass is 10.1. The summed E-state index contributed by atoms with van der Waals surface area (Å²) in [4.78, 5) is 36.1. The third kappa shape index (κ3) is 3.80. The summed E-state index contributed by atoms with van der Waals surface area (Å²) in [6.07, 6.45) is 0.765. The average Bonchev–Trinajstić information content (AvgIpc) is 2.66. The monoisotopic (exact) mass is 351 g/mol. The molecule has 0 aliphatic carbocycles. The lowest BCUT2D eigenvalue weighted by Gasteiger charge is -2.06. The predicted molar refractivity (Wildman–Crippen MR) is 96.5 cm³/mol. The Hall–Kier alpha value is -3.41. The largest absolute Gasteiger partial charge is 0.423 e. The summed E-state index contributed by atoms with van der Waals surface area (Å²) in [5, 5.41) is 3.20. The highest BCUT2D eigenvalue weighted by molar-refractivity contribution is 5.97. The maximum absolute atomic E-state index is 12.1. The van der Waals surface area contributed by atoms with Crippen LogP contribution < -0.4 is 15.7 Å². The number of esters is 1. The van der Waals surface area contributed by atoms with Gasteiger partial charge >= 0.3 is 11.6 Å². The zero-order valence-electron chi connectivity index (χ0n) is 14.2. The Morgan fingerprint density at radius 1 is 1.08 bits per heavy atom. The molecular weight excluding hydrogens is 334 g/mol. The Balaban J connectivity index is 1.86. The lowest BCUT2D eigenvalue weighted by molar-refractivity contribution is 0.0734. The third-order valence-electron chi connectivity index (χ3n) is 3.71. The smallest absolute Gasteiger partial charge is 0.349 e. The molecule has 1 aromatic heterocycles. The first-order valence-electron chi connectivity index (χ1n) is 8.22. The molecule has 0 unspecified atom stereocenters. The minimum Gasteiger partial charge on any atom is -0.423 e. The molecule has 132 valence electrons. The van der Waals surface area contributed by atoms with Gasteiger partial charge in [0.15, 0.2) is 0 Å². The highest BCUT2D eigenvalue weighted by Crippen LogP contribution is 2.21. The Morgan fingerprint density at radius 3 is 2.58 bits per heavy atom. The molecule has 3 aromatic rings. The molecular formula is C20H17NO5. The van der Waals surface area contributed by atoms with Crippen LogP contribution in [0.1, 0.15) is 34.1 Å². The van der Waals surface area contributed by atoms with Crippen LogP contribution in [0.5, 0.6) is 5.75 Å². The van der Waals surface area contributed by atoms with Crippen molar-refractivity contribution < 1.29 is 18.7 Å². The van der Waals surface area contributed by atoms with Crippen LogP contribution in [-0.2, 0) is 0 Å². The van der Waals surface area contributed by atoms with E-state index in [1.165, 1.54) is 12.1 Å². The van der Waals surface area contributed by atoms with Crippen molar-refractivity contribution in [2.45, 2.75) is 13.3 Å². The fourth-order valence-electron chi connectivity index (χ4n) is 2.39. The normalized spacial score (nSPS) is 10.5. The molecule has 26 heavy (non-hydrogen) atoms. The number of carbonyl (C=O) groups is 2. The van der Waals surface area contributed by atoms with Gasteiger partial charge in [-0.05, 0) is 36.8 Å². The number of hydrogen-bond acceptors (Lipinski definition) is 5. The van der Waals surface area contributed by atoms with E-state index in [9.17, 15) is 14.4 Å². The second-order valence-corrected chi connectivity index (χ2v) is 5.66. The molecule has 0 radical (unpaired) electrons. The highest BCUT2D eigenvalue weighted by Gasteiger charge is 2.14. The van der Waals surface area contributed by atoms with E-state index in [0.717, 1.165) is 6.42 Å². The molecule has 6 heteroatoms. The van der Waals surface area contributed by atoms with E-state index < -0.39 is 17.5 Å². The van der Waals surface area contributed by atoms with Crippen LogP contribution in [0.4, 0.5) is 0 Å². The van der Waals surface area contributed by atoms with E-state index in [1.807, 2.05) is 6.92 Å². The Labute approximate surface area is 149 Å². The maximum atomic E-state index is 12.1. The van der Waals surface area contributed by atoms with E-state index in [-0.39, 0.29) is 16.9 Å². The van der Waals surface area contributed by atoms with Crippen molar-refractivity contribution >= 4 is 22.8 Å². The van der Waals surface area contributed by atoms with Gasteiger partial charge in [0.1, 0.15) is 16.9 Å². The van der Waals surface area contributed by atoms with Crippen molar-refractivity contribution in [3.63, 3.8) is 0 Å². The van der Waals surface area contributed by atoms with Crippen molar-refractivity contribution in [3.8, 4) is 5.75 Å². The number of hydrogen-bond donors (Lipinski definition) is 1. The summed E-state index contributed by atoms with van der Waals surface area (Å²) in [6, 6.07) is 14.7. The van der Waals surface area contributed by atoms with Crippen LogP contribution >= 0.6 is 0 Å². The first-order chi connectivity index (χ1) is 12.6. The number of rotatable bonds is 5. The van der Waals surface area contributed by atoms with E-state index >= 15 is 0 Å². The number of carbonyl (C=O) groups excluding carboxylic acids is 2. The van der Waals surface area contributed by atoms with Gasteiger partial charge in [0, 0.05) is 18.0 Å². The van der Waals surface area contributed by atoms with Gasteiger partial charge in [-0.25, -0.2) is 9.59 Å². The summed E-state index contributed by atoms with van der Waals surface area (Å²) in [5.41, 5.74) is -0.144. The second-order valence-electron chi connectivity index (χ2n) is 5.66. The van der Waals surface area contributed by atoms with Crippen LogP contribution in [-0.4, -0.2) is 18.4 Å². The predicted octanol–water partition coefficient (Wildman–Crippen LogP) is 3.15. The fourth-order valence-corrected chi connectivity index (χ4v) is 2.39. The van der Waals surface area contributed by atoms with Crippen LogP contribution in [0.15, 0.2) is 63.8 Å². The van der Waals surface area contributed by atoms with Crippen LogP contribution in [0.2, 0.25) is 0 Å². The Bertz CT molecular complexity index is 1010. The molecule has 1 N–H and O–H groups in total. The SMILES string of the molecule is CCCNC(=O)c1cc2ccc(OC(=O)c3ccccc3)cc2oc1=O. The molecule has 0 bridgehead atoms. The Morgan fingerprint density at radius 2 is 1.85 bits per heavy atom. The lowest BCUT2D eigenvalue weighted by Crippen LogP contribution is -2.28. The summed E-state index contributed by atoms with van der Waals surface area (Å²) >= 11 is 0. The molecule has 0 saturated heterocycles. The molecule has 3 rings (SSSR count). The van der Waals surface area contributed by atoms with E-state index in [4.69, 9.17) is 9.15 Å². The zero-order valence-corrected chi connectivity index (χ0v) is 14.2. The topological polar surface area (TPSA) is 85.6 Å². The summed E-state index contributed by atoms with van der Waals surface area (Å²) in [7, 11) is 0. The molecule has 0 aliphatic heterocycles. The molecule has 1 heterocycles. The fraction of sp³-hybridized carbons (Fsp3) is 0.150. The second kappa shape index (κ2) is 7.65. The Kier molecular flexibility index (Phi) is 5.12. The van der Waals surface area contributed by atoms with Gasteiger partial charge in [0.2, 0.25) is 0 Å². The van der Waals surface area contributed by atoms with Crippen molar-refractivity contribution in [1.82, 2.24) is 5.32 Å². The molecule has 1 amide bonds. The van der Waals surface area contributed by atoms with Gasteiger partial charge in [-0.2, -0.15) is 0 Å². The molecule has 0 aliphatic rings. The van der Waals surface area contributed by atoms with Gasteiger partial charge in [0.05, 0.1) is 5.56 Å². The number of amides is 1. The standard InChI is InChI=1S/C20H17NO5/c1-2-10-21-18(22)16-11-14-8-9-15(12-17(14)26-20(16)24)25-19(23)13-6-4-3-5-7-13/h3-9,11-12H,2,10H2,1H3,(H,21,22). The molecule has 0 fully saturated rings. The quantitative estimate of drug-likeness (QED) is 0.433. The highest BCUT2D eigenvalue weighted by atomic mass is 16.5. The number of fused-ring (bicyclic) bond motifs is 1. The van der Waals surface area contributed by atoms with Crippen molar-refractivity contribution in [3.05, 3.63) is 76.1 Å². The molecule has 0 spiro atoms. The maximum Gasteiger partial charge on any atom is 0.349 e. The van der Waals surface area contributed by atoms with Crippen molar-refractivity contribution in [2.24, 2.45) is 0 Å². The molecule has 2 aromatic carbocycles. The first-order valence-corrected chi connectivity index (χ1v) is 8.22. The van der Waals surface area contributed by atoms with Crippen molar-refractivity contribution in [2.75, 3.05) is 6.54 Å². The molecule has 0 atom stereocenters. The van der Waals surface area contributed by atoms with Gasteiger partial charge < -0.3 is 14.5 Å². The van der Waals surface area contributed by atoms with E-state index in [0.29, 0.717) is 17.5 Å². The summed E-state index contributed by atoms with van der Waals surface area (Å²) in [6.45, 7) is 2.39. The summed E-state index contributed by atoms with van der Waals surface area (Å²) < 4.78 is 10.5. The van der Waals surface area contributed by atoms with E-state index in [1.54, 1.807) is 42.5 Å². The van der Waals surface area contributed by atoms with Crippen LogP contribution in [0, 0.1) is 0 Å². The minimum atomic E-state index is -0.738. The summed E-state index contributed by atoms with van der Waals surface area (Å²) in [5.74, 6) is -0.734. The number of ether oxygens (including phenoxy) is 1. The minimum absolute atomic E-state index is 0.0556. The number of nitrogens with one attached hydrogen (secondary N) is 1. The number of benzene rings is 2. The molecule has 6 nitrogen and oxygen atoms in total. The van der Waals surface area contributed by atoms with Gasteiger partial charge in [0.25, 0.3) is 5.91 Å². The van der Waals surface area contributed by atoms with Crippen molar-refractivity contribution in [1.29, 1.82) is 0 Å². The third-order valence-corrected chi connectivity index (χ3v) is 3.71. The first kappa shape index (κ1) is 17.4. The van der Waals surface area contributed by atoms with Gasteiger partial charge in [-0.15, -0.1) is 0 Å². The molecule has 0 saturated carbocycles.